The van der Waals surface area contributed by atoms with Crippen molar-refractivity contribution >= 4 is 11.0 Å². The molecule has 0 aliphatic heterocycles. The van der Waals surface area contributed by atoms with Crippen molar-refractivity contribution in [3.05, 3.63) is 70.9 Å². The summed E-state index contributed by atoms with van der Waals surface area (Å²) in [4.78, 5) is 13.5. The molecule has 0 saturated carbocycles. The van der Waals surface area contributed by atoms with E-state index in [1.54, 1.807) is 32.4 Å². The summed E-state index contributed by atoms with van der Waals surface area (Å²) in [6.45, 7) is 0. The zero-order chi connectivity index (χ0) is 22.0. The fraction of sp³-hybridized carbons (Fsp3) is 0.160. The third-order valence-electron chi connectivity index (χ3n) is 5.11. The number of ether oxygens (including phenoxy) is 4. The van der Waals surface area contributed by atoms with Crippen molar-refractivity contribution in [2.75, 3.05) is 28.4 Å². The van der Waals surface area contributed by atoms with E-state index in [9.17, 15) is 4.79 Å². The molecular weight excluding hydrogens is 396 g/mol. The Labute approximate surface area is 179 Å². The molecule has 0 radical (unpaired) electrons. The van der Waals surface area contributed by atoms with Gasteiger partial charge in [-0.3, -0.25) is 4.79 Å². The van der Waals surface area contributed by atoms with Crippen molar-refractivity contribution in [3.63, 3.8) is 0 Å². The van der Waals surface area contributed by atoms with Gasteiger partial charge in [-0.15, -0.1) is 0 Å². The van der Waals surface area contributed by atoms with Gasteiger partial charge in [-0.2, -0.15) is 0 Å². The number of methoxy groups -OCH3 is 4. The second-order valence-corrected chi connectivity index (χ2v) is 6.75. The summed E-state index contributed by atoms with van der Waals surface area (Å²) in [5.41, 5.74) is 2.22. The maximum absolute atomic E-state index is 13.5. The van der Waals surface area contributed by atoms with Gasteiger partial charge in [-0.25, -0.2) is 0 Å². The van der Waals surface area contributed by atoms with Crippen molar-refractivity contribution in [1.82, 2.24) is 0 Å². The van der Waals surface area contributed by atoms with Crippen LogP contribution in [0.1, 0.15) is 0 Å². The van der Waals surface area contributed by atoms with Gasteiger partial charge in [-0.1, -0.05) is 30.3 Å². The van der Waals surface area contributed by atoms with E-state index in [0.29, 0.717) is 39.7 Å². The van der Waals surface area contributed by atoms with E-state index in [4.69, 9.17) is 23.4 Å². The second-order valence-electron chi connectivity index (χ2n) is 6.75. The van der Waals surface area contributed by atoms with Crippen LogP contribution in [0.15, 0.2) is 69.9 Å². The number of hydrogen-bond donors (Lipinski definition) is 0. The Morgan fingerprint density at radius 1 is 0.710 bits per heavy atom. The summed E-state index contributed by atoms with van der Waals surface area (Å²) in [5.74, 6) is 1.99. The van der Waals surface area contributed by atoms with Gasteiger partial charge in [0, 0.05) is 11.6 Å². The average Bonchev–Trinajstić information content (AvgIpc) is 2.83. The molecule has 6 heteroatoms. The van der Waals surface area contributed by atoms with Crippen LogP contribution in [0, 0.1) is 0 Å². The molecular formula is C25H22O6. The minimum Gasteiger partial charge on any atom is -0.497 e. The summed E-state index contributed by atoms with van der Waals surface area (Å²) >= 11 is 0. The van der Waals surface area contributed by atoms with Crippen LogP contribution in [0.4, 0.5) is 0 Å². The van der Waals surface area contributed by atoms with Gasteiger partial charge in [0.1, 0.15) is 22.6 Å². The number of hydrogen-bond acceptors (Lipinski definition) is 6. The zero-order valence-electron chi connectivity index (χ0n) is 17.7. The fourth-order valence-electron chi connectivity index (χ4n) is 3.61. The van der Waals surface area contributed by atoms with Gasteiger partial charge in [-0.05, 0) is 29.8 Å². The Balaban J connectivity index is 2.15. The fourth-order valence-corrected chi connectivity index (χ4v) is 3.61. The molecule has 0 unspecified atom stereocenters. The van der Waals surface area contributed by atoms with E-state index in [1.165, 1.54) is 14.2 Å². The summed E-state index contributed by atoms with van der Waals surface area (Å²) in [5, 5.41) is 0.288. The van der Waals surface area contributed by atoms with Gasteiger partial charge in [0.05, 0.1) is 34.0 Å². The molecule has 0 N–H and O–H groups in total. The Bertz CT molecular complexity index is 1270. The van der Waals surface area contributed by atoms with E-state index in [2.05, 4.69) is 0 Å². The molecule has 0 aliphatic carbocycles. The Morgan fingerprint density at radius 2 is 1.39 bits per heavy atom. The number of rotatable bonds is 6. The lowest BCUT2D eigenvalue weighted by Gasteiger charge is -2.17. The highest BCUT2D eigenvalue weighted by molar-refractivity contribution is 6.00. The van der Waals surface area contributed by atoms with E-state index in [1.807, 2.05) is 42.5 Å². The predicted molar refractivity (Wildman–Crippen MR) is 120 cm³/mol. The second kappa shape index (κ2) is 8.44. The van der Waals surface area contributed by atoms with Crippen LogP contribution in [-0.2, 0) is 0 Å². The van der Waals surface area contributed by atoms with Crippen LogP contribution >= 0.6 is 0 Å². The lowest BCUT2D eigenvalue weighted by Crippen LogP contribution is -2.10. The van der Waals surface area contributed by atoms with Gasteiger partial charge in [0.15, 0.2) is 11.3 Å². The lowest BCUT2D eigenvalue weighted by molar-refractivity contribution is 0.389. The molecule has 0 atom stereocenters. The van der Waals surface area contributed by atoms with Crippen LogP contribution in [0.3, 0.4) is 0 Å². The van der Waals surface area contributed by atoms with Crippen LogP contribution in [0.2, 0.25) is 0 Å². The standard InChI is InChI=1S/C25H22O6/c1-27-17-12-10-16(11-13-17)23-25(30-4)22(26)21-19(29-3)14-18(28-2)20(24(21)31-23)15-8-6-5-7-9-15/h5-14H,1-4H3. The van der Waals surface area contributed by atoms with E-state index in [-0.39, 0.29) is 16.6 Å². The van der Waals surface area contributed by atoms with Crippen molar-refractivity contribution < 1.29 is 23.4 Å². The summed E-state index contributed by atoms with van der Waals surface area (Å²) in [7, 11) is 6.11. The SMILES string of the molecule is COc1ccc(-c2oc3c(-c4ccccc4)c(OC)cc(OC)c3c(=O)c2OC)cc1. The third-order valence-corrected chi connectivity index (χ3v) is 5.11. The zero-order valence-corrected chi connectivity index (χ0v) is 17.7. The van der Waals surface area contributed by atoms with E-state index < -0.39 is 0 Å². The molecule has 1 aromatic heterocycles. The monoisotopic (exact) mass is 418 g/mol. The number of fused-ring (bicyclic) bond motifs is 1. The minimum absolute atomic E-state index is 0.0974. The summed E-state index contributed by atoms with van der Waals surface area (Å²) in [6, 6.07) is 18.5. The molecule has 4 aromatic rings. The Morgan fingerprint density at radius 3 is 1.97 bits per heavy atom. The van der Waals surface area contributed by atoms with Crippen LogP contribution in [-0.4, -0.2) is 28.4 Å². The van der Waals surface area contributed by atoms with Gasteiger partial charge in [0.2, 0.25) is 11.2 Å². The molecule has 6 nitrogen and oxygen atoms in total. The first-order valence-corrected chi connectivity index (χ1v) is 9.62. The molecule has 0 spiro atoms. The van der Waals surface area contributed by atoms with Crippen LogP contribution in [0.25, 0.3) is 33.4 Å². The third kappa shape index (κ3) is 3.46. The first-order chi connectivity index (χ1) is 15.1. The molecule has 0 fully saturated rings. The molecule has 3 aromatic carbocycles. The molecule has 0 amide bonds. The molecule has 1 heterocycles. The molecule has 0 aliphatic rings. The van der Waals surface area contributed by atoms with E-state index in [0.717, 1.165) is 5.56 Å². The predicted octanol–water partition coefficient (Wildman–Crippen LogP) is 5.16. The highest BCUT2D eigenvalue weighted by Crippen LogP contribution is 2.44. The molecule has 0 saturated heterocycles. The number of benzene rings is 3. The molecule has 4 rings (SSSR count). The maximum Gasteiger partial charge on any atom is 0.239 e. The Hall–Kier alpha value is -3.93. The van der Waals surface area contributed by atoms with Gasteiger partial charge in [0.25, 0.3) is 0 Å². The van der Waals surface area contributed by atoms with Gasteiger partial charge >= 0.3 is 0 Å². The largest absolute Gasteiger partial charge is 0.497 e. The summed E-state index contributed by atoms with van der Waals surface area (Å²) in [6.07, 6.45) is 0. The first kappa shape index (κ1) is 20.3. The van der Waals surface area contributed by atoms with Crippen molar-refractivity contribution in [1.29, 1.82) is 0 Å². The van der Waals surface area contributed by atoms with Crippen molar-refractivity contribution in [2.45, 2.75) is 0 Å². The average molecular weight is 418 g/mol. The van der Waals surface area contributed by atoms with Crippen LogP contribution in [0.5, 0.6) is 23.0 Å². The lowest BCUT2D eigenvalue weighted by atomic mass is 9.99. The molecule has 0 bridgehead atoms. The summed E-state index contributed by atoms with van der Waals surface area (Å²) < 4.78 is 28.2. The van der Waals surface area contributed by atoms with Crippen molar-refractivity contribution in [2.24, 2.45) is 0 Å². The maximum atomic E-state index is 13.5. The topological polar surface area (TPSA) is 67.1 Å². The molecule has 31 heavy (non-hydrogen) atoms. The Kier molecular flexibility index (Phi) is 5.54. The smallest absolute Gasteiger partial charge is 0.239 e. The van der Waals surface area contributed by atoms with E-state index >= 15 is 0 Å². The van der Waals surface area contributed by atoms with Gasteiger partial charge < -0.3 is 23.4 Å². The van der Waals surface area contributed by atoms with Crippen LogP contribution < -0.4 is 24.4 Å². The highest BCUT2D eigenvalue weighted by Gasteiger charge is 2.25. The minimum atomic E-state index is -0.328. The molecule has 158 valence electrons. The van der Waals surface area contributed by atoms with Crippen molar-refractivity contribution in [3.8, 4) is 45.4 Å². The quantitative estimate of drug-likeness (QED) is 0.431. The highest BCUT2D eigenvalue weighted by atomic mass is 16.5. The normalized spacial score (nSPS) is 10.7. The first-order valence-electron chi connectivity index (χ1n) is 9.62.